The second-order valence-electron chi connectivity index (χ2n) is 5.41. The average Bonchev–Trinajstić information content (AvgIpc) is 3.03. The van der Waals surface area contributed by atoms with Gasteiger partial charge < -0.3 is 0 Å². The van der Waals surface area contributed by atoms with Crippen LogP contribution in [0.25, 0.3) is 11.5 Å². The Balaban J connectivity index is 1.83. The zero-order chi connectivity index (χ0) is 18.6. The minimum Gasteiger partial charge on any atom is -0.297 e. The van der Waals surface area contributed by atoms with Gasteiger partial charge in [-0.2, -0.15) is 13.2 Å². The van der Waals surface area contributed by atoms with Gasteiger partial charge in [0.2, 0.25) is 0 Å². The maximum atomic E-state index is 12.8. The van der Waals surface area contributed by atoms with Gasteiger partial charge in [0, 0.05) is 18.5 Å². The lowest BCUT2D eigenvalue weighted by Gasteiger charge is -2.09. The van der Waals surface area contributed by atoms with Crippen LogP contribution in [0.3, 0.4) is 0 Å². The highest BCUT2D eigenvalue weighted by Gasteiger charge is 2.30. The van der Waals surface area contributed by atoms with Gasteiger partial charge >= 0.3 is 6.18 Å². The summed E-state index contributed by atoms with van der Waals surface area (Å²) in [5.74, 6) is 0.943. The molecule has 0 amide bonds. The first-order chi connectivity index (χ1) is 12.5. The number of thioether (sulfide) groups is 1. The second kappa shape index (κ2) is 7.74. The number of pyridine rings is 1. The number of halogens is 3. The average molecular weight is 376 g/mol. The molecule has 0 aliphatic heterocycles. The molecule has 0 saturated carbocycles. The van der Waals surface area contributed by atoms with Crippen molar-refractivity contribution in [2.24, 2.45) is 0 Å². The van der Waals surface area contributed by atoms with Crippen LogP contribution in [0.2, 0.25) is 0 Å². The van der Waals surface area contributed by atoms with Crippen molar-refractivity contribution in [3.8, 4) is 11.5 Å². The first kappa shape index (κ1) is 18.2. The first-order valence-corrected chi connectivity index (χ1v) is 8.72. The molecule has 0 saturated heterocycles. The minimum atomic E-state index is -4.35. The molecule has 134 valence electrons. The highest BCUT2D eigenvalue weighted by Crippen LogP contribution is 2.31. The third kappa shape index (κ3) is 4.13. The highest BCUT2D eigenvalue weighted by molar-refractivity contribution is 7.98. The molecule has 0 spiro atoms. The smallest absolute Gasteiger partial charge is 0.297 e. The van der Waals surface area contributed by atoms with Crippen LogP contribution in [0.15, 0.2) is 66.5 Å². The van der Waals surface area contributed by atoms with E-state index in [2.05, 4.69) is 21.8 Å². The molecular formula is C18H15F3N4S. The fourth-order valence-corrected chi connectivity index (χ4v) is 3.25. The van der Waals surface area contributed by atoms with E-state index in [0.29, 0.717) is 34.5 Å². The topological polar surface area (TPSA) is 43.6 Å². The van der Waals surface area contributed by atoms with Crippen molar-refractivity contribution >= 4 is 11.8 Å². The number of rotatable bonds is 6. The van der Waals surface area contributed by atoms with Crippen LogP contribution in [0.5, 0.6) is 0 Å². The lowest BCUT2D eigenvalue weighted by atomic mass is 10.1. The molecule has 0 bridgehead atoms. The van der Waals surface area contributed by atoms with Crippen LogP contribution in [0.1, 0.15) is 11.1 Å². The maximum absolute atomic E-state index is 12.8. The molecule has 3 aromatic rings. The molecule has 8 heteroatoms. The third-order valence-electron chi connectivity index (χ3n) is 3.54. The molecule has 0 fully saturated rings. The van der Waals surface area contributed by atoms with Crippen molar-refractivity contribution in [3.05, 3.63) is 72.4 Å². The fraction of sp³-hybridized carbons (Fsp3) is 0.167. The predicted molar refractivity (Wildman–Crippen MR) is 94.5 cm³/mol. The van der Waals surface area contributed by atoms with Crippen LogP contribution in [-0.2, 0) is 18.5 Å². The Morgan fingerprint density at radius 2 is 1.96 bits per heavy atom. The van der Waals surface area contributed by atoms with Gasteiger partial charge in [0.15, 0.2) is 11.0 Å². The Morgan fingerprint density at radius 1 is 1.12 bits per heavy atom. The number of hydrogen-bond acceptors (Lipinski definition) is 4. The fourth-order valence-electron chi connectivity index (χ4n) is 2.36. The van der Waals surface area contributed by atoms with Crippen LogP contribution < -0.4 is 0 Å². The van der Waals surface area contributed by atoms with Crippen molar-refractivity contribution in [3.63, 3.8) is 0 Å². The van der Waals surface area contributed by atoms with E-state index in [4.69, 9.17) is 0 Å². The summed E-state index contributed by atoms with van der Waals surface area (Å²) in [6, 6.07) is 10.8. The molecular weight excluding hydrogens is 361 g/mol. The van der Waals surface area contributed by atoms with Gasteiger partial charge in [0.25, 0.3) is 0 Å². The number of alkyl halides is 3. The van der Waals surface area contributed by atoms with Crippen molar-refractivity contribution in [2.75, 3.05) is 0 Å². The van der Waals surface area contributed by atoms with Crippen LogP contribution >= 0.6 is 11.8 Å². The minimum absolute atomic E-state index is 0.349. The molecule has 4 nitrogen and oxygen atoms in total. The molecule has 3 rings (SSSR count). The molecule has 26 heavy (non-hydrogen) atoms. The Kier molecular flexibility index (Phi) is 5.41. The Bertz CT molecular complexity index is 891. The molecule has 2 aromatic heterocycles. The van der Waals surface area contributed by atoms with Gasteiger partial charge in [0.05, 0.1) is 5.56 Å². The molecule has 0 atom stereocenters. The van der Waals surface area contributed by atoms with Gasteiger partial charge in [-0.15, -0.1) is 16.8 Å². The predicted octanol–water partition coefficient (Wildman–Crippen LogP) is 4.84. The van der Waals surface area contributed by atoms with E-state index in [-0.39, 0.29) is 0 Å². The number of nitrogens with zero attached hydrogens (tertiary/aromatic N) is 4. The summed E-state index contributed by atoms with van der Waals surface area (Å²) < 4.78 is 40.3. The molecule has 1 aromatic carbocycles. The van der Waals surface area contributed by atoms with Crippen LogP contribution in [-0.4, -0.2) is 19.7 Å². The molecule has 0 N–H and O–H groups in total. The van der Waals surface area contributed by atoms with E-state index in [1.807, 2.05) is 16.7 Å². The molecule has 0 aliphatic rings. The normalized spacial score (nSPS) is 11.5. The van der Waals surface area contributed by atoms with Gasteiger partial charge in [0.1, 0.15) is 5.69 Å². The van der Waals surface area contributed by atoms with Gasteiger partial charge in [-0.3, -0.25) is 9.55 Å². The van der Waals surface area contributed by atoms with Crippen molar-refractivity contribution in [2.45, 2.75) is 23.6 Å². The Labute approximate surface area is 152 Å². The summed E-state index contributed by atoms with van der Waals surface area (Å²) >= 11 is 1.32. The van der Waals surface area contributed by atoms with Crippen LogP contribution in [0, 0.1) is 0 Å². The van der Waals surface area contributed by atoms with E-state index in [1.165, 1.54) is 17.8 Å². The summed E-state index contributed by atoms with van der Waals surface area (Å²) in [4.78, 5) is 4.27. The van der Waals surface area contributed by atoms with Crippen LogP contribution in [0.4, 0.5) is 13.2 Å². The van der Waals surface area contributed by atoms with Crippen molar-refractivity contribution < 1.29 is 13.2 Å². The lowest BCUT2D eigenvalue weighted by Crippen LogP contribution is -2.05. The number of aromatic nitrogens is 4. The maximum Gasteiger partial charge on any atom is 0.416 e. The summed E-state index contributed by atoms with van der Waals surface area (Å²) in [6.45, 7) is 4.21. The Morgan fingerprint density at radius 3 is 2.65 bits per heavy atom. The summed E-state index contributed by atoms with van der Waals surface area (Å²) in [7, 11) is 0. The monoisotopic (exact) mass is 376 g/mol. The lowest BCUT2D eigenvalue weighted by molar-refractivity contribution is -0.137. The van der Waals surface area contributed by atoms with E-state index in [1.54, 1.807) is 24.4 Å². The number of benzene rings is 1. The van der Waals surface area contributed by atoms with Crippen molar-refractivity contribution in [1.82, 2.24) is 19.7 Å². The summed E-state index contributed by atoms with van der Waals surface area (Å²) in [5.41, 5.74) is 0.586. The van der Waals surface area contributed by atoms with E-state index in [0.717, 1.165) is 12.1 Å². The zero-order valence-electron chi connectivity index (χ0n) is 13.6. The van der Waals surface area contributed by atoms with Crippen molar-refractivity contribution in [1.29, 1.82) is 0 Å². The summed E-state index contributed by atoms with van der Waals surface area (Å²) in [6.07, 6.45) is -0.975. The zero-order valence-corrected chi connectivity index (χ0v) is 14.5. The molecule has 2 heterocycles. The number of allylic oxidation sites excluding steroid dienone is 1. The van der Waals surface area contributed by atoms with E-state index < -0.39 is 11.7 Å². The Hall–Kier alpha value is -2.61. The standard InChI is InChI=1S/C18H15F3N4S/c1-2-10-25-16(15-8-3-4-9-22-15)23-24-17(25)26-12-13-6-5-7-14(11-13)18(19,20)21/h2-9,11H,1,10,12H2. The van der Waals surface area contributed by atoms with Gasteiger partial charge in [-0.1, -0.05) is 42.1 Å². The van der Waals surface area contributed by atoms with Gasteiger partial charge in [-0.25, -0.2) is 0 Å². The second-order valence-corrected chi connectivity index (χ2v) is 6.35. The molecule has 0 unspecified atom stereocenters. The number of hydrogen-bond donors (Lipinski definition) is 0. The van der Waals surface area contributed by atoms with E-state index >= 15 is 0 Å². The largest absolute Gasteiger partial charge is 0.416 e. The quantitative estimate of drug-likeness (QED) is 0.456. The molecule has 0 aliphatic carbocycles. The first-order valence-electron chi connectivity index (χ1n) is 7.73. The third-order valence-corrected chi connectivity index (χ3v) is 4.58. The van der Waals surface area contributed by atoms with E-state index in [9.17, 15) is 13.2 Å². The summed E-state index contributed by atoms with van der Waals surface area (Å²) in [5, 5.41) is 8.94. The SMILES string of the molecule is C=CCn1c(SCc2cccc(C(F)(F)F)c2)nnc1-c1ccccn1. The van der Waals surface area contributed by atoms with Gasteiger partial charge in [-0.05, 0) is 23.8 Å². The molecule has 0 radical (unpaired) electrons. The highest BCUT2D eigenvalue weighted by atomic mass is 32.2.